The fraction of sp³-hybridized carbons (Fsp3) is 0.560. The number of aliphatic hydroxyl groups is 1. The molecule has 1 aromatic rings. The molecule has 2 aliphatic rings. The molecule has 2 amide bonds. The minimum atomic E-state index is -1.07. The summed E-state index contributed by atoms with van der Waals surface area (Å²) in [7, 11) is 0. The third kappa shape index (κ3) is 7.94. The molecule has 0 radical (unpaired) electrons. The summed E-state index contributed by atoms with van der Waals surface area (Å²) < 4.78 is 16.8. The lowest BCUT2D eigenvalue weighted by Crippen LogP contribution is -2.54. The first kappa shape index (κ1) is 27.4. The number of amides is 2. The molecule has 36 heavy (non-hydrogen) atoms. The molecule has 0 aromatic carbocycles. The van der Waals surface area contributed by atoms with Crippen LogP contribution in [0.2, 0.25) is 0 Å². The minimum absolute atomic E-state index is 0.0698. The molecule has 0 unspecified atom stereocenters. The second-order valence-corrected chi connectivity index (χ2v) is 8.70. The smallest absolute Gasteiger partial charge is 0.404 e. The van der Waals surface area contributed by atoms with Crippen molar-refractivity contribution in [2.75, 3.05) is 39.5 Å². The molecule has 1 saturated carbocycles. The van der Waals surface area contributed by atoms with Gasteiger partial charge in [0.1, 0.15) is 19.3 Å². The van der Waals surface area contributed by atoms with E-state index in [0.717, 1.165) is 18.4 Å². The fourth-order valence-corrected chi connectivity index (χ4v) is 4.13. The van der Waals surface area contributed by atoms with Gasteiger partial charge < -0.3 is 40.0 Å². The van der Waals surface area contributed by atoms with E-state index in [2.05, 4.69) is 28.8 Å². The lowest BCUT2D eigenvalue weighted by molar-refractivity contribution is -0.154. The molecule has 1 aliphatic heterocycles. The Bertz CT molecular complexity index is 908. The number of nitrogens with zero attached hydrogens (tertiary/aromatic N) is 2. The van der Waals surface area contributed by atoms with Crippen LogP contribution in [0.5, 0.6) is 5.88 Å². The molecule has 4 N–H and O–H groups in total. The van der Waals surface area contributed by atoms with Gasteiger partial charge in [-0.3, -0.25) is 4.79 Å². The van der Waals surface area contributed by atoms with Crippen LogP contribution in [0.1, 0.15) is 36.6 Å². The Labute approximate surface area is 211 Å². The molecule has 0 bridgehead atoms. The maximum absolute atomic E-state index is 13.6. The van der Waals surface area contributed by atoms with Gasteiger partial charge in [-0.15, -0.1) is 6.58 Å². The van der Waals surface area contributed by atoms with Crippen LogP contribution < -0.4 is 15.4 Å². The monoisotopic (exact) mass is 504 g/mol. The van der Waals surface area contributed by atoms with Crippen molar-refractivity contribution in [3.63, 3.8) is 0 Å². The first-order chi connectivity index (χ1) is 17.5. The SMILES string of the molecule is C=COCCOc1cc([C@@H](C=C)N(C(=O)[C@H]2CNC[C@@H](CO)O2)C2CC2)cc(CCCNC(=O)O)n1. The van der Waals surface area contributed by atoms with Crippen molar-refractivity contribution in [1.29, 1.82) is 0 Å². The zero-order chi connectivity index (χ0) is 25.9. The van der Waals surface area contributed by atoms with Crippen LogP contribution in [0.25, 0.3) is 0 Å². The lowest BCUT2D eigenvalue weighted by atomic mass is 10.0. The van der Waals surface area contributed by atoms with E-state index >= 15 is 0 Å². The van der Waals surface area contributed by atoms with Crippen LogP contribution in [0.15, 0.2) is 37.6 Å². The van der Waals surface area contributed by atoms with Gasteiger partial charge in [-0.1, -0.05) is 12.7 Å². The minimum Gasteiger partial charge on any atom is -0.498 e. The third-order valence-electron chi connectivity index (χ3n) is 5.93. The standard InChI is InChI=1S/C25H36N4O7/c1-3-21(29(19-7-8-19)24(31)22-15-26-14-20(16-30)36-22)17-12-18(6-5-9-27-25(32)33)28-23(13-17)35-11-10-34-4-2/h3-4,12-13,19-22,26-27,30H,1-2,5-11,14-16H2,(H,32,33)/t20-,21+,22+/m0/s1. The van der Waals surface area contributed by atoms with E-state index in [9.17, 15) is 14.7 Å². The molecule has 1 saturated heterocycles. The van der Waals surface area contributed by atoms with E-state index in [1.165, 1.54) is 6.26 Å². The van der Waals surface area contributed by atoms with Gasteiger partial charge >= 0.3 is 6.09 Å². The summed E-state index contributed by atoms with van der Waals surface area (Å²) in [6.45, 7) is 9.09. The lowest BCUT2D eigenvalue weighted by Gasteiger charge is -2.36. The van der Waals surface area contributed by atoms with Crippen LogP contribution in [-0.2, 0) is 20.7 Å². The molecule has 11 heteroatoms. The van der Waals surface area contributed by atoms with Crippen molar-refractivity contribution in [3.8, 4) is 5.88 Å². The quantitative estimate of drug-likeness (QED) is 0.158. The normalized spacial score (nSPS) is 20.1. The number of pyridine rings is 1. The van der Waals surface area contributed by atoms with E-state index < -0.39 is 24.3 Å². The summed E-state index contributed by atoms with van der Waals surface area (Å²) in [5.41, 5.74) is 1.51. The predicted molar refractivity (Wildman–Crippen MR) is 132 cm³/mol. The maximum atomic E-state index is 13.6. The number of carbonyl (C=O) groups is 2. The highest BCUT2D eigenvalue weighted by atomic mass is 16.5. The van der Waals surface area contributed by atoms with Crippen LogP contribution in [0.3, 0.4) is 0 Å². The van der Waals surface area contributed by atoms with Gasteiger partial charge in [0.2, 0.25) is 5.88 Å². The first-order valence-electron chi connectivity index (χ1n) is 12.2. The average molecular weight is 505 g/mol. The number of aryl methyl sites for hydroxylation is 1. The third-order valence-corrected chi connectivity index (χ3v) is 5.93. The maximum Gasteiger partial charge on any atom is 0.404 e. The number of carbonyl (C=O) groups excluding carboxylic acids is 1. The van der Waals surface area contributed by atoms with Gasteiger partial charge in [-0.2, -0.15) is 0 Å². The summed E-state index contributed by atoms with van der Waals surface area (Å²) in [5.74, 6) is 0.228. The van der Waals surface area contributed by atoms with Crippen molar-refractivity contribution in [3.05, 3.63) is 48.9 Å². The summed E-state index contributed by atoms with van der Waals surface area (Å²) in [6.07, 6.45) is 3.71. The number of aromatic nitrogens is 1. The first-order valence-corrected chi connectivity index (χ1v) is 12.2. The van der Waals surface area contributed by atoms with Gasteiger partial charge in [-0.05, 0) is 37.3 Å². The number of hydrogen-bond donors (Lipinski definition) is 4. The summed E-state index contributed by atoms with van der Waals surface area (Å²) >= 11 is 0. The molecule has 3 rings (SSSR count). The Morgan fingerprint density at radius 2 is 2.11 bits per heavy atom. The topological polar surface area (TPSA) is 142 Å². The zero-order valence-corrected chi connectivity index (χ0v) is 20.4. The summed E-state index contributed by atoms with van der Waals surface area (Å²) in [5, 5.41) is 23.8. The fourth-order valence-electron chi connectivity index (χ4n) is 4.13. The number of nitrogens with one attached hydrogen (secondary N) is 2. The van der Waals surface area contributed by atoms with E-state index in [4.69, 9.17) is 19.3 Å². The second kappa shape index (κ2) is 13.8. The molecular formula is C25H36N4O7. The number of hydrogen-bond acceptors (Lipinski definition) is 8. The van der Waals surface area contributed by atoms with E-state index in [1.807, 2.05) is 11.0 Å². The summed E-state index contributed by atoms with van der Waals surface area (Å²) in [4.78, 5) is 30.7. The van der Waals surface area contributed by atoms with Crippen molar-refractivity contribution in [2.24, 2.45) is 0 Å². The number of rotatable bonds is 15. The van der Waals surface area contributed by atoms with Crippen molar-refractivity contribution < 1.29 is 34.0 Å². The number of morpholine rings is 1. The van der Waals surface area contributed by atoms with Gasteiger partial charge in [0, 0.05) is 37.4 Å². The number of carboxylic acid groups (broad SMARTS) is 1. The number of aliphatic hydroxyl groups excluding tert-OH is 1. The van der Waals surface area contributed by atoms with Crippen LogP contribution in [0, 0.1) is 0 Å². The molecule has 2 heterocycles. The zero-order valence-electron chi connectivity index (χ0n) is 20.4. The van der Waals surface area contributed by atoms with Crippen molar-refractivity contribution >= 4 is 12.0 Å². The molecule has 11 nitrogen and oxygen atoms in total. The van der Waals surface area contributed by atoms with E-state index in [0.29, 0.717) is 50.7 Å². The molecule has 1 aromatic heterocycles. The van der Waals surface area contributed by atoms with Gasteiger partial charge in [0.15, 0.2) is 0 Å². The van der Waals surface area contributed by atoms with Crippen molar-refractivity contribution in [1.82, 2.24) is 20.5 Å². The van der Waals surface area contributed by atoms with Crippen LogP contribution >= 0.6 is 0 Å². The van der Waals surface area contributed by atoms with Gasteiger partial charge in [0.05, 0.1) is 25.0 Å². The Kier molecular flexibility index (Phi) is 10.5. The molecule has 2 fully saturated rings. The Balaban J connectivity index is 1.83. The van der Waals surface area contributed by atoms with Crippen molar-refractivity contribution in [2.45, 2.75) is 50.0 Å². The molecule has 198 valence electrons. The van der Waals surface area contributed by atoms with Gasteiger partial charge in [-0.25, -0.2) is 9.78 Å². The van der Waals surface area contributed by atoms with E-state index in [-0.39, 0.29) is 25.2 Å². The predicted octanol–water partition coefficient (Wildman–Crippen LogP) is 1.39. The molecule has 0 spiro atoms. The van der Waals surface area contributed by atoms with E-state index in [1.54, 1.807) is 12.1 Å². The number of ether oxygens (including phenoxy) is 3. The molecular weight excluding hydrogens is 468 g/mol. The van der Waals surface area contributed by atoms with Crippen LogP contribution in [-0.4, -0.2) is 89.8 Å². The second-order valence-electron chi connectivity index (χ2n) is 8.70. The molecule has 1 aliphatic carbocycles. The summed E-state index contributed by atoms with van der Waals surface area (Å²) in [6, 6.07) is 3.33. The molecule has 3 atom stereocenters. The largest absolute Gasteiger partial charge is 0.498 e. The average Bonchev–Trinajstić information content (AvgIpc) is 3.72. The van der Waals surface area contributed by atoms with Crippen LogP contribution in [0.4, 0.5) is 4.79 Å². The Hall–Kier alpha value is -3.15. The Morgan fingerprint density at radius 1 is 1.31 bits per heavy atom. The highest BCUT2D eigenvalue weighted by molar-refractivity contribution is 5.82. The Morgan fingerprint density at radius 3 is 2.78 bits per heavy atom. The van der Waals surface area contributed by atoms with Gasteiger partial charge in [0.25, 0.3) is 5.91 Å². The highest BCUT2D eigenvalue weighted by Crippen LogP contribution is 2.37. The highest BCUT2D eigenvalue weighted by Gasteiger charge is 2.41.